The molecule has 1 aromatic rings. The van der Waals surface area contributed by atoms with Gasteiger partial charge in [-0.05, 0) is 48.3 Å². The highest BCUT2D eigenvalue weighted by molar-refractivity contribution is 5.23. The maximum Gasteiger partial charge on any atom is 0.0900 e. The standard InChI is InChI=1S/C21H31NO2/c1-21(2)18-10-9-17(20(21)11-18)14-24-15-19(23)13-22(3)12-16-7-5-4-6-8-16/h4-9,18-20,23H,10-15H2,1-3H3/t18-,19-,20+/m0/s1. The van der Waals surface area contributed by atoms with Gasteiger partial charge < -0.3 is 9.84 Å². The van der Waals surface area contributed by atoms with Crippen LogP contribution < -0.4 is 0 Å². The molecule has 3 heteroatoms. The summed E-state index contributed by atoms with van der Waals surface area (Å²) in [6.45, 7) is 7.33. The van der Waals surface area contributed by atoms with Crippen molar-refractivity contribution in [2.75, 3.05) is 26.8 Å². The van der Waals surface area contributed by atoms with Crippen LogP contribution in [0.2, 0.25) is 0 Å². The van der Waals surface area contributed by atoms with Gasteiger partial charge in [0.15, 0.2) is 0 Å². The Hall–Kier alpha value is -1.16. The molecule has 0 saturated heterocycles. The summed E-state index contributed by atoms with van der Waals surface area (Å²) in [6, 6.07) is 10.4. The van der Waals surface area contributed by atoms with Crippen molar-refractivity contribution >= 4 is 0 Å². The lowest BCUT2D eigenvalue weighted by Crippen LogP contribution is -2.48. The quantitative estimate of drug-likeness (QED) is 0.741. The molecular weight excluding hydrogens is 298 g/mol. The van der Waals surface area contributed by atoms with Crippen LogP contribution >= 0.6 is 0 Å². The second-order valence-electron chi connectivity index (χ2n) is 8.17. The SMILES string of the molecule is CN(Cc1ccccc1)C[C@H](O)COCC1=CC[C@H]2C[C@H]1C2(C)C. The molecule has 1 aromatic carbocycles. The largest absolute Gasteiger partial charge is 0.389 e. The van der Waals surface area contributed by atoms with Crippen LogP contribution in [0.5, 0.6) is 0 Å². The molecule has 3 aliphatic rings. The Morgan fingerprint density at radius 1 is 1.29 bits per heavy atom. The predicted molar refractivity (Wildman–Crippen MR) is 97.7 cm³/mol. The lowest BCUT2D eigenvalue weighted by Gasteiger charge is -2.56. The van der Waals surface area contributed by atoms with Gasteiger partial charge in [-0.25, -0.2) is 0 Å². The molecule has 0 aliphatic heterocycles. The Labute approximate surface area is 146 Å². The number of rotatable bonds is 8. The van der Waals surface area contributed by atoms with Gasteiger partial charge >= 0.3 is 0 Å². The number of aliphatic hydroxyl groups excluding tert-OH is 1. The van der Waals surface area contributed by atoms with E-state index in [1.807, 2.05) is 25.2 Å². The molecular formula is C21H31NO2. The zero-order chi connectivity index (χ0) is 17.2. The smallest absolute Gasteiger partial charge is 0.0900 e. The third kappa shape index (κ3) is 3.90. The van der Waals surface area contributed by atoms with Crippen molar-refractivity contribution in [2.24, 2.45) is 17.3 Å². The summed E-state index contributed by atoms with van der Waals surface area (Å²) < 4.78 is 5.83. The molecule has 4 rings (SSSR count). The second kappa shape index (κ2) is 7.38. The maximum absolute atomic E-state index is 10.2. The maximum atomic E-state index is 10.2. The molecule has 0 heterocycles. The molecule has 0 radical (unpaired) electrons. The molecule has 3 aliphatic carbocycles. The van der Waals surface area contributed by atoms with E-state index in [1.54, 1.807) is 0 Å². The third-order valence-electron chi connectivity index (χ3n) is 5.98. The Bertz CT molecular complexity index is 566. The minimum absolute atomic E-state index is 0.410. The average molecular weight is 329 g/mol. The van der Waals surface area contributed by atoms with Crippen molar-refractivity contribution in [1.29, 1.82) is 0 Å². The Morgan fingerprint density at radius 3 is 2.71 bits per heavy atom. The van der Waals surface area contributed by atoms with Crippen molar-refractivity contribution in [1.82, 2.24) is 4.90 Å². The zero-order valence-electron chi connectivity index (χ0n) is 15.2. The fraction of sp³-hybridized carbons (Fsp3) is 0.619. The Kier molecular flexibility index (Phi) is 5.43. The number of hydrogen-bond acceptors (Lipinski definition) is 3. The number of nitrogens with zero attached hydrogens (tertiary/aromatic N) is 1. The van der Waals surface area contributed by atoms with Gasteiger partial charge in [-0.1, -0.05) is 50.3 Å². The van der Waals surface area contributed by atoms with Crippen molar-refractivity contribution in [3.05, 3.63) is 47.5 Å². The monoisotopic (exact) mass is 329 g/mol. The minimum Gasteiger partial charge on any atom is -0.389 e. The fourth-order valence-electron chi connectivity index (χ4n) is 4.33. The normalized spacial score (nSPS) is 26.0. The highest BCUT2D eigenvalue weighted by Gasteiger charge is 2.50. The number of allylic oxidation sites excluding steroid dienone is 1. The molecule has 0 amide bonds. The van der Waals surface area contributed by atoms with Gasteiger partial charge in [0.05, 0.1) is 19.3 Å². The van der Waals surface area contributed by atoms with E-state index < -0.39 is 6.10 Å². The zero-order valence-corrected chi connectivity index (χ0v) is 15.2. The average Bonchev–Trinajstić information content (AvgIpc) is 2.55. The summed E-state index contributed by atoms with van der Waals surface area (Å²) >= 11 is 0. The van der Waals surface area contributed by atoms with E-state index >= 15 is 0 Å². The van der Waals surface area contributed by atoms with Gasteiger partial charge in [0.25, 0.3) is 0 Å². The highest BCUT2D eigenvalue weighted by Crippen LogP contribution is 2.59. The van der Waals surface area contributed by atoms with Crippen LogP contribution in [0.15, 0.2) is 42.0 Å². The molecule has 3 nitrogen and oxygen atoms in total. The molecule has 1 fully saturated rings. The summed E-state index contributed by atoms with van der Waals surface area (Å²) in [5, 5.41) is 10.2. The number of fused-ring (bicyclic) bond motifs is 1. The van der Waals surface area contributed by atoms with E-state index in [2.05, 4.69) is 37.0 Å². The molecule has 24 heavy (non-hydrogen) atoms. The first-order chi connectivity index (χ1) is 11.5. The van der Waals surface area contributed by atoms with Gasteiger partial charge in [-0.3, -0.25) is 4.90 Å². The number of likely N-dealkylation sites (N-methyl/N-ethyl adjacent to an activating group) is 1. The Morgan fingerprint density at radius 2 is 2.04 bits per heavy atom. The molecule has 132 valence electrons. The number of ether oxygens (including phenoxy) is 1. The van der Waals surface area contributed by atoms with Crippen LogP contribution in [0.4, 0.5) is 0 Å². The lowest BCUT2D eigenvalue weighted by molar-refractivity contribution is -0.0257. The summed E-state index contributed by atoms with van der Waals surface area (Å²) in [5.41, 5.74) is 3.16. The number of hydrogen-bond donors (Lipinski definition) is 1. The molecule has 3 atom stereocenters. The predicted octanol–water partition coefficient (Wildman–Crippen LogP) is 3.49. The first-order valence-corrected chi connectivity index (χ1v) is 9.14. The molecule has 1 saturated carbocycles. The molecule has 0 spiro atoms. The van der Waals surface area contributed by atoms with Gasteiger partial charge in [0, 0.05) is 13.1 Å². The van der Waals surface area contributed by atoms with Crippen LogP contribution in [-0.4, -0.2) is 42.9 Å². The van der Waals surface area contributed by atoms with Crippen molar-refractivity contribution in [3.8, 4) is 0 Å². The Balaban J connectivity index is 1.37. The summed E-state index contributed by atoms with van der Waals surface area (Å²) in [4.78, 5) is 2.14. The minimum atomic E-state index is -0.440. The van der Waals surface area contributed by atoms with Gasteiger partial charge in [0.2, 0.25) is 0 Å². The summed E-state index contributed by atoms with van der Waals surface area (Å²) in [7, 11) is 2.04. The topological polar surface area (TPSA) is 32.7 Å². The molecule has 1 N–H and O–H groups in total. The van der Waals surface area contributed by atoms with Crippen molar-refractivity contribution in [2.45, 2.75) is 39.3 Å². The first-order valence-electron chi connectivity index (χ1n) is 9.14. The van der Waals surface area contributed by atoms with E-state index in [-0.39, 0.29) is 0 Å². The van der Waals surface area contributed by atoms with E-state index in [1.165, 1.54) is 24.0 Å². The van der Waals surface area contributed by atoms with Crippen molar-refractivity contribution < 1.29 is 9.84 Å². The van der Waals surface area contributed by atoms with Crippen LogP contribution in [0, 0.1) is 17.3 Å². The van der Waals surface area contributed by atoms with Crippen molar-refractivity contribution in [3.63, 3.8) is 0 Å². The summed E-state index contributed by atoms with van der Waals surface area (Å²) in [6.07, 6.45) is 4.46. The fourth-order valence-corrected chi connectivity index (χ4v) is 4.33. The second-order valence-corrected chi connectivity index (χ2v) is 8.17. The number of aliphatic hydroxyl groups is 1. The van der Waals surface area contributed by atoms with E-state index in [4.69, 9.17) is 4.74 Å². The highest BCUT2D eigenvalue weighted by atomic mass is 16.5. The van der Waals surface area contributed by atoms with Gasteiger partial charge in [0.1, 0.15) is 0 Å². The van der Waals surface area contributed by atoms with Gasteiger partial charge in [-0.15, -0.1) is 0 Å². The van der Waals surface area contributed by atoms with Crippen LogP contribution in [0.1, 0.15) is 32.3 Å². The van der Waals surface area contributed by atoms with Crippen LogP contribution in [0.25, 0.3) is 0 Å². The number of benzene rings is 1. The van der Waals surface area contributed by atoms with E-state index in [9.17, 15) is 5.11 Å². The van der Waals surface area contributed by atoms with E-state index in [0.29, 0.717) is 31.1 Å². The molecule has 0 unspecified atom stereocenters. The van der Waals surface area contributed by atoms with Crippen LogP contribution in [-0.2, 0) is 11.3 Å². The summed E-state index contributed by atoms with van der Waals surface area (Å²) in [5.74, 6) is 1.55. The molecule has 2 bridgehead atoms. The van der Waals surface area contributed by atoms with Crippen LogP contribution in [0.3, 0.4) is 0 Å². The van der Waals surface area contributed by atoms with Gasteiger partial charge in [-0.2, -0.15) is 0 Å². The molecule has 0 aromatic heterocycles. The first kappa shape index (κ1) is 17.7. The lowest BCUT2D eigenvalue weighted by atomic mass is 9.49. The van der Waals surface area contributed by atoms with E-state index in [0.717, 1.165) is 12.5 Å². The third-order valence-corrected chi connectivity index (χ3v) is 5.98.